The molecule has 0 aliphatic carbocycles. The number of aryl methyl sites for hydroxylation is 1. The molecule has 17 heavy (non-hydrogen) atoms. The third-order valence-corrected chi connectivity index (χ3v) is 2.57. The molecule has 1 heterocycles. The van der Waals surface area contributed by atoms with Crippen LogP contribution in [0.4, 0.5) is 15.9 Å². The van der Waals surface area contributed by atoms with E-state index in [1.165, 1.54) is 12.4 Å². The van der Waals surface area contributed by atoms with Crippen LogP contribution in [0.5, 0.6) is 0 Å². The highest BCUT2D eigenvalue weighted by Gasteiger charge is 2.06. The van der Waals surface area contributed by atoms with Gasteiger partial charge in [0.2, 0.25) is 0 Å². The quantitative estimate of drug-likeness (QED) is 0.865. The van der Waals surface area contributed by atoms with Gasteiger partial charge in [0, 0.05) is 5.69 Å². The maximum Gasteiger partial charge on any atom is 0.271 e. The summed E-state index contributed by atoms with van der Waals surface area (Å²) in [6.45, 7) is 1.65. The average Bonchev–Trinajstić information content (AvgIpc) is 2.30. The van der Waals surface area contributed by atoms with Gasteiger partial charge in [0.25, 0.3) is 5.56 Å². The molecule has 1 aromatic heterocycles. The molecule has 0 saturated heterocycles. The molecule has 0 amide bonds. The lowest BCUT2D eigenvalue weighted by atomic mass is 10.2. The zero-order valence-corrected chi connectivity index (χ0v) is 9.68. The van der Waals surface area contributed by atoms with E-state index in [1.54, 1.807) is 19.1 Å². The van der Waals surface area contributed by atoms with Crippen molar-refractivity contribution in [2.45, 2.75) is 6.92 Å². The summed E-state index contributed by atoms with van der Waals surface area (Å²) < 4.78 is 13.1. The lowest BCUT2D eigenvalue weighted by Crippen LogP contribution is -2.09. The molecule has 0 radical (unpaired) electrons. The number of hydrogen-bond donors (Lipinski definition) is 2. The van der Waals surface area contributed by atoms with Crippen molar-refractivity contribution in [1.82, 2.24) is 9.97 Å². The van der Waals surface area contributed by atoms with Crippen molar-refractivity contribution in [2.24, 2.45) is 0 Å². The minimum absolute atomic E-state index is 0.0329. The number of rotatable bonds is 2. The average molecular weight is 254 g/mol. The van der Waals surface area contributed by atoms with E-state index in [2.05, 4.69) is 15.3 Å². The van der Waals surface area contributed by atoms with Gasteiger partial charge >= 0.3 is 0 Å². The number of aromatic nitrogens is 2. The van der Waals surface area contributed by atoms with Crippen molar-refractivity contribution in [3.8, 4) is 0 Å². The van der Waals surface area contributed by atoms with Crippen molar-refractivity contribution in [3.05, 3.63) is 51.3 Å². The first-order chi connectivity index (χ1) is 8.08. The smallest absolute Gasteiger partial charge is 0.271 e. The van der Waals surface area contributed by atoms with Crippen molar-refractivity contribution in [2.75, 3.05) is 5.32 Å². The summed E-state index contributed by atoms with van der Waals surface area (Å²) in [6, 6.07) is 4.48. The van der Waals surface area contributed by atoms with Crippen LogP contribution >= 0.6 is 11.6 Å². The van der Waals surface area contributed by atoms with E-state index in [9.17, 15) is 9.18 Å². The molecule has 2 N–H and O–H groups in total. The summed E-state index contributed by atoms with van der Waals surface area (Å²) in [6.07, 6.45) is 1.24. The van der Waals surface area contributed by atoms with Gasteiger partial charge in [-0.25, -0.2) is 9.37 Å². The van der Waals surface area contributed by atoms with Crippen LogP contribution in [-0.4, -0.2) is 9.97 Å². The first-order valence-corrected chi connectivity index (χ1v) is 5.22. The van der Waals surface area contributed by atoms with Crippen LogP contribution in [0.1, 0.15) is 5.56 Å². The lowest BCUT2D eigenvalue weighted by molar-refractivity contribution is 0.619. The van der Waals surface area contributed by atoms with Crippen LogP contribution in [0.15, 0.2) is 29.3 Å². The molecule has 2 aromatic rings. The molecule has 2 rings (SSSR count). The Hall–Kier alpha value is -1.88. The van der Waals surface area contributed by atoms with Crippen LogP contribution in [0.25, 0.3) is 0 Å². The molecule has 88 valence electrons. The van der Waals surface area contributed by atoms with Gasteiger partial charge in [-0.05, 0) is 30.7 Å². The van der Waals surface area contributed by atoms with Crippen LogP contribution in [0.3, 0.4) is 0 Å². The Kier molecular flexibility index (Phi) is 3.10. The molecular weight excluding hydrogens is 245 g/mol. The second kappa shape index (κ2) is 4.55. The number of nitrogens with zero attached hydrogens (tertiary/aromatic N) is 1. The van der Waals surface area contributed by atoms with Crippen LogP contribution in [-0.2, 0) is 0 Å². The number of hydrogen-bond acceptors (Lipinski definition) is 3. The summed E-state index contributed by atoms with van der Waals surface area (Å²) in [4.78, 5) is 17.5. The fourth-order valence-corrected chi connectivity index (χ4v) is 1.48. The lowest BCUT2D eigenvalue weighted by Gasteiger charge is -2.07. The number of H-pyrrole nitrogens is 1. The van der Waals surface area contributed by atoms with Crippen molar-refractivity contribution in [3.63, 3.8) is 0 Å². The summed E-state index contributed by atoms with van der Waals surface area (Å²) in [7, 11) is 0. The molecule has 0 bridgehead atoms. The van der Waals surface area contributed by atoms with E-state index in [0.717, 1.165) is 0 Å². The molecule has 0 unspecified atom stereocenters. The maximum atomic E-state index is 13.1. The first kappa shape index (κ1) is 11.6. The summed E-state index contributed by atoms with van der Waals surface area (Å²) in [5.41, 5.74) is 0.683. The Balaban J connectivity index is 2.35. The van der Waals surface area contributed by atoms with Gasteiger partial charge in [-0.3, -0.25) is 4.79 Å². The van der Waals surface area contributed by atoms with E-state index in [-0.39, 0.29) is 16.7 Å². The second-order valence-electron chi connectivity index (χ2n) is 3.48. The highest BCUT2D eigenvalue weighted by Crippen LogP contribution is 2.20. The van der Waals surface area contributed by atoms with Gasteiger partial charge in [0.05, 0.1) is 6.33 Å². The van der Waals surface area contributed by atoms with Gasteiger partial charge in [-0.15, -0.1) is 0 Å². The molecule has 0 aliphatic rings. The summed E-state index contributed by atoms with van der Waals surface area (Å²) in [5.74, 6) is -0.0538. The molecule has 0 fully saturated rings. The summed E-state index contributed by atoms with van der Waals surface area (Å²) >= 11 is 5.77. The van der Waals surface area contributed by atoms with Crippen LogP contribution in [0.2, 0.25) is 5.02 Å². The fourth-order valence-electron chi connectivity index (χ4n) is 1.33. The van der Waals surface area contributed by atoms with Crippen molar-refractivity contribution >= 4 is 23.1 Å². The normalized spacial score (nSPS) is 10.3. The molecule has 6 heteroatoms. The van der Waals surface area contributed by atoms with E-state index < -0.39 is 5.56 Å². The van der Waals surface area contributed by atoms with Gasteiger partial charge in [-0.2, -0.15) is 0 Å². The predicted molar refractivity (Wildman–Crippen MR) is 64.3 cm³/mol. The molecule has 0 spiro atoms. The number of anilines is 2. The minimum atomic E-state index is -0.428. The van der Waals surface area contributed by atoms with E-state index >= 15 is 0 Å². The van der Waals surface area contributed by atoms with E-state index in [4.69, 9.17) is 11.6 Å². The second-order valence-corrected chi connectivity index (χ2v) is 3.86. The third kappa shape index (κ3) is 2.45. The monoisotopic (exact) mass is 253 g/mol. The number of halogens is 2. The maximum absolute atomic E-state index is 13.1. The molecule has 1 aromatic carbocycles. The Morgan fingerprint density at radius 2 is 2.24 bits per heavy atom. The van der Waals surface area contributed by atoms with Gasteiger partial charge in [-0.1, -0.05) is 11.6 Å². The number of aromatic amines is 1. The van der Waals surface area contributed by atoms with Crippen LogP contribution < -0.4 is 10.9 Å². The first-order valence-electron chi connectivity index (χ1n) is 4.84. The minimum Gasteiger partial charge on any atom is -0.339 e. The largest absolute Gasteiger partial charge is 0.339 e. The predicted octanol–water partition coefficient (Wildman–Crippen LogP) is 2.61. The fraction of sp³-hybridized carbons (Fsp3) is 0.0909. The third-order valence-electron chi connectivity index (χ3n) is 2.22. The molecule has 4 nitrogen and oxygen atoms in total. The Morgan fingerprint density at radius 1 is 1.47 bits per heavy atom. The molecular formula is C11H9ClFN3O. The number of benzene rings is 1. The van der Waals surface area contributed by atoms with E-state index in [1.807, 2.05) is 0 Å². The highest BCUT2D eigenvalue weighted by molar-refractivity contribution is 6.32. The standard InChI is InChI=1S/C11H9ClFN3O/c1-6-4-7(2-3-8(6)13)16-10-9(12)11(17)15-5-14-10/h2-5H,1H3,(H2,14,15,16,17). The zero-order chi connectivity index (χ0) is 12.4. The Labute approximate surface area is 101 Å². The highest BCUT2D eigenvalue weighted by atomic mass is 35.5. The zero-order valence-electron chi connectivity index (χ0n) is 8.92. The van der Waals surface area contributed by atoms with Crippen molar-refractivity contribution in [1.29, 1.82) is 0 Å². The SMILES string of the molecule is Cc1cc(Nc2nc[nH]c(=O)c2Cl)ccc1F. The van der Waals surface area contributed by atoms with Crippen molar-refractivity contribution < 1.29 is 4.39 Å². The van der Waals surface area contributed by atoms with Crippen LogP contribution in [0, 0.1) is 12.7 Å². The number of nitrogens with one attached hydrogen (secondary N) is 2. The van der Waals surface area contributed by atoms with Gasteiger partial charge < -0.3 is 10.3 Å². The molecule has 0 atom stereocenters. The molecule has 0 aliphatic heterocycles. The summed E-state index contributed by atoms with van der Waals surface area (Å²) in [5, 5.41) is 2.82. The molecule has 0 saturated carbocycles. The topological polar surface area (TPSA) is 57.8 Å². The van der Waals surface area contributed by atoms with Gasteiger partial charge in [0.15, 0.2) is 5.82 Å². The van der Waals surface area contributed by atoms with E-state index in [0.29, 0.717) is 11.3 Å². The Morgan fingerprint density at radius 3 is 2.94 bits per heavy atom. The Bertz CT molecular complexity index is 612. The van der Waals surface area contributed by atoms with Gasteiger partial charge in [0.1, 0.15) is 10.8 Å².